The molecule has 0 aromatic carbocycles. The Labute approximate surface area is 108 Å². The molecule has 1 aliphatic carbocycles. The Hall–Kier alpha value is -0.0400. The Morgan fingerprint density at radius 2 is 1.82 bits per heavy atom. The summed E-state index contributed by atoms with van der Waals surface area (Å²) in [7, 11) is 0. The van der Waals surface area contributed by atoms with E-state index < -0.39 is 5.60 Å². The lowest BCUT2D eigenvalue weighted by Crippen LogP contribution is -2.46. The second-order valence-electron chi connectivity index (χ2n) is 7.90. The van der Waals surface area contributed by atoms with Crippen molar-refractivity contribution >= 4 is 0 Å². The van der Waals surface area contributed by atoms with Crippen LogP contribution in [0.25, 0.3) is 0 Å². The largest absolute Gasteiger partial charge is 0.390 e. The highest BCUT2D eigenvalue weighted by Crippen LogP contribution is 2.44. The fourth-order valence-electron chi connectivity index (χ4n) is 3.42. The normalized spacial score (nSPS) is 35.3. The Balaban J connectivity index is 2.71. The maximum atomic E-state index is 11.0. The first-order valence-corrected chi connectivity index (χ1v) is 7.36. The zero-order valence-corrected chi connectivity index (χ0v) is 12.7. The highest BCUT2D eigenvalue weighted by molar-refractivity contribution is 4.94. The van der Waals surface area contributed by atoms with Crippen molar-refractivity contribution in [3.63, 3.8) is 0 Å². The maximum absolute atomic E-state index is 11.0. The highest BCUT2D eigenvalue weighted by atomic mass is 16.3. The molecule has 0 amide bonds. The third-order valence-corrected chi connectivity index (χ3v) is 4.48. The lowest BCUT2D eigenvalue weighted by Gasteiger charge is -2.45. The molecule has 0 aromatic rings. The van der Waals surface area contributed by atoms with Gasteiger partial charge in [0.15, 0.2) is 0 Å². The van der Waals surface area contributed by atoms with Crippen molar-refractivity contribution in [1.29, 1.82) is 0 Å². The molecule has 0 unspecified atom stereocenters. The molecule has 0 saturated heterocycles. The molecule has 0 radical (unpaired) electrons. The molecule has 1 saturated carbocycles. The van der Waals surface area contributed by atoms with Crippen LogP contribution in [0.3, 0.4) is 0 Å². The van der Waals surface area contributed by atoms with Gasteiger partial charge in [-0.1, -0.05) is 48.0 Å². The Morgan fingerprint density at radius 1 is 1.24 bits per heavy atom. The average Bonchev–Trinajstić information content (AvgIpc) is 2.13. The molecule has 3 atom stereocenters. The molecule has 17 heavy (non-hydrogen) atoms. The van der Waals surface area contributed by atoms with Gasteiger partial charge in [-0.25, -0.2) is 0 Å². The molecule has 0 heterocycles. The molecule has 1 aliphatic rings. The summed E-state index contributed by atoms with van der Waals surface area (Å²) in [6.45, 7) is 13.6. The number of rotatable bonds is 3. The van der Waals surface area contributed by atoms with Crippen molar-refractivity contribution in [3.8, 4) is 0 Å². The fraction of sp³-hybridized carbons (Fsp3) is 1.00. The van der Waals surface area contributed by atoms with Gasteiger partial charge in [-0.2, -0.15) is 0 Å². The molecule has 0 aliphatic heterocycles. The van der Waals surface area contributed by atoms with Crippen molar-refractivity contribution in [2.24, 2.45) is 23.2 Å². The molecule has 0 bridgehead atoms. The van der Waals surface area contributed by atoms with Gasteiger partial charge in [-0.3, -0.25) is 0 Å². The van der Waals surface area contributed by atoms with Crippen LogP contribution in [-0.4, -0.2) is 10.7 Å². The monoisotopic (exact) mass is 240 g/mol. The summed E-state index contributed by atoms with van der Waals surface area (Å²) in [5.41, 5.74) is -0.0724. The van der Waals surface area contributed by atoms with E-state index in [0.29, 0.717) is 23.2 Å². The summed E-state index contributed by atoms with van der Waals surface area (Å²) in [5, 5.41) is 11.0. The average molecular weight is 240 g/mol. The summed E-state index contributed by atoms with van der Waals surface area (Å²) in [4.78, 5) is 0. The topological polar surface area (TPSA) is 20.2 Å². The van der Waals surface area contributed by atoms with E-state index in [4.69, 9.17) is 0 Å². The summed E-state index contributed by atoms with van der Waals surface area (Å²) in [5.74, 6) is 1.79. The van der Waals surface area contributed by atoms with E-state index in [-0.39, 0.29) is 0 Å². The molecule has 1 rings (SSSR count). The number of hydrogen-bond acceptors (Lipinski definition) is 1. The maximum Gasteiger partial charge on any atom is 0.0681 e. The number of aliphatic hydroxyl groups is 1. The molecule has 1 fully saturated rings. The quantitative estimate of drug-likeness (QED) is 0.762. The second kappa shape index (κ2) is 5.30. The van der Waals surface area contributed by atoms with E-state index in [0.717, 1.165) is 19.3 Å². The molecule has 1 heteroatoms. The number of hydrogen-bond donors (Lipinski definition) is 1. The molecule has 0 spiro atoms. The standard InChI is InChI=1S/C16H32O/c1-12(2)14-8-7-13(3)11-16(14,17)10-9-15(4,5)6/h12-14,17H,7-11H2,1-6H3/t13-,14+,16+/m1/s1. The second-order valence-corrected chi connectivity index (χ2v) is 7.90. The minimum absolute atomic E-state index is 0.331. The van der Waals surface area contributed by atoms with Crippen molar-refractivity contribution in [2.45, 2.75) is 79.2 Å². The zero-order valence-electron chi connectivity index (χ0n) is 12.7. The molecular weight excluding hydrogens is 208 g/mol. The van der Waals surface area contributed by atoms with Crippen LogP contribution in [0.2, 0.25) is 0 Å². The molecular formula is C16H32O. The van der Waals surface area contributed by atoms with Crippen molar-refractivity contribution in [3.05, 3.63) is 0 Å². The van der Waals surface area contributed by atoms with Gasteiger partial charge in [0.2, 0.25) is 0 Å². The summed E-state index contributed by atoms with van der Waals surface area (Å²) < 4.78 is 0. The van der Waals surface area contributed by atoms with Gasteiger partial charge in [-0.15, -0.1) is 0 Å². The predicted molar refractivity (Wildman–Crippen MR) is 75.0 cm³/mol. The first-order valence-electron chi connectivity index (χ1n) is 7.36. The lowest BCUT2D eigenvalue weighted by atomic mass is 9.64. The van der Waals surface area contributed by atoms with Crippen LogP contribution < -0.4 is 0 Å². The van der Waals surface area contributed by atoms with Gasteiger partial charge in [0.25, 0.3) is 0 Å². The molecule has 1 N–H and O–H groups in total. The van der Waals surface area contributed by atoms with Crippen LogP contribution in [0.1, 0.15) is 73.6 Å². The first-order chi connectivity index (χ1) is 7.64. The van der Waals surface area contributed by atoms with Crippen LogP contribution in [0, 0.1) is 23.2 Å². The van der Waals surface area contributed by atoms with E-state index >= 15 is 0 Å². The smallest absolute Gasteiger partial charge is 0.0681 e. The summed E-state index contributed by atoms with van der Waals surface area (Å²) in [6.07, 6.45) is 5.61. The van der Waals surface area contributed by atoms with E-state index in [1.165, 1.54) is 12.8 Å². The van der Waals surface area contributed by atoms with Gasteiger partial charge in [0.05, 0.1) is 5.60 Å². The van der Waals surface area contributed by atoms with Crippen molar-refractivity contribution in [1.82, 2.24) is 0 Å². The van der Waals surface area contributed by atoms with Crippen LogP contribution in [0.15, 0.2) is 0 Å². The minimum atomic E-state index is -0.404. The van der Waals surface area contributed by atoms with Gasteiger partial charge < -0.3 is 5.11 Å². The van der Waals surface area contributed by atoms with Crippen LogP contribution in [0.4, 0.5) is 0 Å². The Bertz CT molecular complexity index is 238. The van der Waals surface area contributed by atoms with E-state index in [9.17, 15) is 5.11 Å². The molecule has 0 aromatic heterocycles. The van der Waals surface area contributed by atoms with Gasteiger partial charge >= 0.3 is 0 Å². The molecule has 102 valence electrons. The third-order valence-electron chi connectivity index (χ3n) is 4.48. The fourth-order valence-corrected chi connectivity index (χ4v) is 3.42. The van der Waals surface area contributed by atoms with E-state index in [1.54, 1.807) is 0 Å². The predicted octanol–water partition coefficient (Wildman–Crippen LogP) is 4.64. The minimum Gasteiger partial charge on any atom is -0.390 e. The Kier molecular flexibility index (Phi) is 4.68. The van der Waals surface area contributed by atoms with Gasteiger partial charge in [0, 0.05) is 0 Å². The highest BCUT2D eigenvalue weighted by Gasteiger charge is 2.42. The van der Waals surface area contributed by atoms with Crippen LogP contribution >= 0.6 is 0 Å². The van der Waals surface area contributed by atoms with E-state index in [2.05, 4.69) is 41.5 Å². The van der Waals surface area contributed by atoms with E-state index in [1.807, 2.05) is 0 Å². The first kappa shape index (κ1) is 15.0. The van der Waals surface area contributed by atoms with Crippen LogP contribution in [0.5, 0.6) is 0 Å². The van der Waals surface area contributed by atoms with Gasteiger partial charge in [-0.05, 0) is 48.9 Å². The molecule has 1 nitrogen and oxygen atoms in total. The van der Waals surface area contributed by atoms with Crippen molar-refractivity contribution < 1.29 is 5.11 Å². The SMILES string of the molecule is CC(C)[C@@H]1CC[C@@H](C)C[C@@]1(O)CCC(C)(C)C. The lowest BCUT2D eigenvalue weighted by molar-refractivity contribution is -0.0910. The summed E-state index contributed by atoms with van der Waals surface area (Å²) >= 11 is 0. The summed E-state index contributed by atoms with van der Waals surface area (Å²) in [6, 6.07) is 0. The van der Waals surface area contributed by atoms with Gasteiger partial charge in [0.1, 0.15) is 0 Å². The zero-order chi connectivity index (χ0) is 13.3. The Morgan fingerprint density at radius 3 is 2.29 bits per heavy atom. The van der Waals surface area contributed by atoms with Crippen molar-refractivity contribution in [2.75, 3.05) is 0 Å². The third kappa shape index (κ3) is 4.28. The van der Waals surface area contributed by atoms with Crippen LogP contribution in [-0.2, 0) is 0 Å².